The number of carboxylic acids is 1. The molecule has 0 saturated carbocycles. The number of fused-ring (bicyclic) bond motifs is 5. The van der Waals surface area contributed by atoms with Crippen LogP contribution in [0.25, 0.3) is 53.9 Å². The fraction of sp³-hybridized carbons (Fsp3) is 0.381. The van der Waals surface area contributed by atoms with Crippen LogP contribution in [0.5, 0.6) is 0 Å². The summed E-state index contributed by atoms with van der Waals surface area (Å²) in [4.78, 5) is 93.9. The molecule has 1 N–H and O–H groups in total. The van der Waals surface area contributed by atoms with E-state index < -0.39 is 47.4 Å². The Bertz CT molecular complexity index is 5170. The highest BCUT2D eigenvalue weighted by molar-refractivity contribution is 5.90. The molecular formula is C105H123N5O19. The molecule has 5 aliphatic rings. The molecule has 0 aromatic heterocycles. The van der Waals surface area contributed by atoms with Gasteiger partial charge < -0.3 is 57.2 Å². The SMILES string of the molecule is C=CCOC(=O)[C@@H]1C[C@@H](OCc2cccc3ccccc23)CN1C.C=CCOC(=O)[C@@H]1C[C@@H](OCc2cccc3ccccc23)CN1C.C=CCOC(=O)[C@@H]1C[C@@H](OCc2cccc3ccccc23)CN1C.C=CCOC(=O)[C@@H]1C[C@@H](OCc2cccc3ccccc23)CN1C(=O)OC(C)(C)C.CC(C)(C)OC(=O)N1C[C@H](OCc2cccc3ccccc23)C[C@H]1C(=O)O. The third-order valence-electron chi connectivity index (χ3n) is 22.8. The van der Waals surface area contributed by atoms with E-state index in [1.54, 1.807) is 59.8 Å². The molecule has 682 valence electrons. The zero-order chi connectivity index (χ0) is 92.2. The van der Waals surface area contributed by atoms with E-state index in [0.29, 0.717) is 58.7 Å². The molecule has 5 heterocycles. The maximum atomic E-state index is 12.7. The van der Waals surface area contributed by atoms with Gasteiger partial charge in [0, 0.05) is 51.7 Å². The van der Waals surface area contributed by atoms with Crippen LogP contribution in [0.2, 0.25) is 0 Å². The van der Waals surface area contributed by atoms with Gasteiger partial charge in [0.1, 0.15) is 67.8 Å². The second-order valence-corrected chi connectivity index (χ2v) is 34.7. The minimum absolute atomic E-state index is 0.0373. The van der Waals surface area contributed by atoms with Gasteiger partial charge >= 0.3 is 42.0 Å². The van der Waals surface area contributed by atoms with Crippen molar-refractivity contribution in [3.8, 4) is 0 Å². The van der Waals surface area contributed by atoms with E-state index in [2.05, 4.69) is 136 Å². The van der Waals surface area contributed by atoms with Crippen LogP contribution in [0.1, 0.15) is 101 Å². The summed E-state index contributed by atoms with van der Waals surface area (Å²) in [5.41, 5.74) is 4.29. The van der Waals surface area contributed by atoms with Gasteiger partial charge in [0.25, 0.3) is 0 Å². The van der Waals surface area contributed by atoms with Crippen LogP contribution in [0.4, 0.5) is 9.59 Å². The van der Waals surface area contributed by atoms with Crippen molar-refractivity contribution in [1.82, 2.24) is 24.5 Å². The molecule has 10 atom stereocenters. The van der Waals surface area contributed by atoms with Crippen molar-refractivity contribution in [3.63, 3.8) is 0 Å². The van der Waals surface area contributed by atoms with Crippen molar-refractivity contribution in [1.29, 1.82) is 0 Å². The first-order valence-corrected chi connectivity index (χ1v) is 43.9. The molecule has 2 amide bonds. The van der Waals surface area contributed by atoms with Crippen LogP contribution in [-0.4, -0.2) is 224 Å². The Morgan fingerprint density at radius 1 is 0.310 bits per heavy atom. The number of rotatable bonds is 28. The molecule has 5 fully saturated rings. The van der Waals surface area contributed by atoms with Gasteiger partial charge in [-0.3, -0.25) is 38.9 Å². The van der Waals surface area contributed by atoms with Gasteiger partial charge in [0.05, 0.1) is 76.6 Å². The Morgan fingerprint density at radius 2 is 0.519 bits per heavy atom. The molecule has 0 spiro atoms. The van der Waals surface area contributed by atoms with Gasteiger partial charge in [-0.05, 0) is 144 Å². The second kappa shape index (κ2) is 47.4. The molecule has 0 aliphatic carbocycles. The van der Waals surface area contributed by atoms with E-state index in [0.717, 1.165) is 52.3 Å². The lowest BCUT2D eigenvalue weighted by molar-refractivity contribution is -0.148. The number of benzene rings is 10. The molecule has 5 aliphatic heterocycles. The van der Waals surface area contributed by atoms with Crippen molar-refractivity contribution in [2.24, 2.45) is 0 Å². The lowest BCUT2D eigenvalue weighted by atomic mass is 10.1. The number of likely N-dealkylation sites (tertiary alicyclic amines) is 5. The van der Waals surface area contributed by atoms with Gasteiger partial charge in [-0.25, -0.2) is 19.2 Å². The molecule has 5 saturated heterocycles. The lowest BCUT2D eigenvalue weighted by Crippen LogP contribution is -2.44. The number of likely N-dealkylation sites (N-methyl/N-ethyl adjacent to an activating group) is 3. The Kier molecular flexibility index (Phi) is 35.9. The molecule has 129 heavy (non-hydrogen) atoms. The number of hydrogen-bond acceptors (Lipinski definition) is 21. The number of ether oxygens (including phenoxy) is 11. The fourth-order valence-electron chi connectivity index (χ4n) is 16.5. The van der Waals surface area contributed by atoms with E-state index in [1.807, 2.05) is 139 Å². The average Bonchev–Trinajstić information content (AvgIpc) is 1.62. The van der Waals surface area contributed by atoms with Crippen LogP contribution in [0.3, 0.4) is 0 Å². The zero-order valence-corrected chi connectivity index (χ0v) is 75.6. The highest BCUT2D eigenvalue weighted by atomic mass is 16.6. The van der Waals surface area contributed by atoms with Crippen molar-refractivity contribution < 1.29 is 90.8 Å². The van der Waals surface area contributed by atoms with Gasteiger partial charge in [0.15, 0.2) is 0 Å². The van der Waals surface area contributed by atoms with Crippen LogP contribution in [0.15, 0.2) is 263 Å². The first-order chi connectivity index (χ1) is 62.1. The van der Waals surface area contributed by atoms with E-state index in [1.165, 1.54) is 64.9 Å². The number of carbonyl (C=O) groups is 7. The van der Waals surface area contributed by atoms with Crippen LogP contribution < -0.4 is 0 Å². The lowest BCUT2D eigenvalue weighted by Gasteiger charge is -2.27. The third-order valence-corrected chi connectivity index (χ3v) is 22.8. The summed E-state index contributed by atoms with van der Waals surface area (Å²) in [5.74, 6) is -2.12. The number of aliphatic carboxylic acids is 1. The Morgan fingerprint density at radius 3 is 0.760 bits per heavy atom. The van der Waals surface area contributed by atoms with Crippen LogP contribution in [-0.2, 0) is 109 Å². The molecule has 0 bridgehead atoms. The summed E-state index contributed by atoms with van der Waals surface area (Å²) in [6, 6.07) is 69.6. The minimum Gasteiger partial charge on any atom is -0.480 e. The molecule has 0 radical (unpaired) electrons. The maximum Gasteiger partial charge on any atom is 0.411 e. The molecular weight excluding hydrogens is 1640 g/mol. The van der Waals surface area contributed by atoms with Gasteiger partial charge in [-0.2, -0.15) is 0 Å². The van der Waals surface area contributed by atoms with E-state index in [-0.39, 0.29) is 112 Å². The van der Waals surface area contributed by atoms with Crippen LogP contribution in [0, 0.1) is 0 Å². The number of nitrogens with zero attached hydrogens (tertiary/aromatic N) is 5. The fourth-order valence-corrected chi connectivity index (χ4v) is 16.5. The number of carbonyl (C=O) groups excluding carboxylic acids is 6. The highest BCUT2D eigenvalue weighted by Gasteiger charge is 2.45. The highest BCUT2D eigenvalue weighted by Crippen LogP contribution is 2.33. The maximum absolute atomic E-state index is 12.7. The smallest absolute Gasteiger partial charge is 0.411 e. The van der Waals surface area contributed by atoms with Gasteiger partial charge in [-0.1, -0.05) is 263 Å². The minimum atomic E-state index is -1.04. The topological polar surface area (TPSA) is 257 Å². The first-order valence-electron chi connectivity index (χ1n) is 43.9. The number of hydrogen-bond donors (Lipinski definition) is 1. The molecule has 10 aromatic carbocycles. The summed E-state index contributed by atoms with van der Waals surface area (Å²) in [7, 11) is 5.79. The Balaban J connectivity index is 0.000000156. The zero-order valence-electron chi connectivity index (χ0n) is 75.6. The summed E-state index contributed by atoms with van der Waals surface area (Å²) >= 11 is 0. The van der Waals surface area contributed by atoms with E-state index in [9.17, 15) is 38.7 Å². The molecule has 0 unspecified atom stereocenters. The Hall–Kier alpha value is -12.0. The molecule has 24 heteroatoms. The van der Waals surface area contributed by atoms with Gasteiger partial charge in [0.2, 0.25) is 0 Å². The standard InChI is InChI=1S/C24H29NO5.C21H25NO5.3C20H23NO3/c1-5-13-28-22(26)21-14-19(15-25(21)23(27)30-24(2,3)4)29-16-18-11-8-10-17-9-6-7-12-20(17)18;1-21(2,3)27-20(25)22-12-16(11-18(22)19(23)24)26-13-15-9-6-8-14-7-4-5-10-17(14)15;3*1-3-11-23-20(22)19-12-17(13-21(19)2)24-14-16-9-6-8-15-7-4-5-10-18(15)16/h5-12,19,21H,1,13-16H2,2-4H3;4-10,16,18H,11-13H2,1-3H3,(H,23,24);3*3-10,17,19H,1,11-14H2,2H3/t19-,21+;16-,18+;3*17-,19+/m11111/s1. The quantitative estimate of drug-likeness (QED) is 0.0271. The van der Waals surface area contributed by atoms with Crippen molar-refractivity contribution in [2.45, 2.75) is 179 Å². The number of esters is 4. The monoisotopic (exact) mass is 1760 g/mol. The summed E-state index contributed by atoms with van der Waals surface area (Å²) in [6.07, 6.45) is 7.16. The van der Waals surface area contributed by atoms with E-state index in [4.69, 9.17) is 52.1 Å². The molecule has 24 nitrogen and oxygen atoms in total. The largest absolute Gasteiger partial charge is 0.480 e. The van der Waals surface area contributed by atoms with Crippen LogP contribution >= 0.6 is 0 Å². The summed E-state index contributed by atoms with van der Waals surface area (Å²) in [6.45, 7) is 30.8. The third kappa shape index (κ3) is 28.0. The predicted molar refractivity (Wildman–Crippen MR) is 501 cm³/mol. The van der Waals surface area contributed by atoms with Crippen molar-refractivity contribution in [2.75, 3.05) is 80.3 Å². The molecule has 10 aromatic rings. The predicted octanol–water partition coefficient (Wildman–Crippen LogP) is 17.8. The van der Waals surface area contributed by atoms with E-state index >= 15 is 0 Å². The second-order valence-electron chi connectivity index (χ2n) is 34.7. The van der Waals surface area contributed by atoms with Crippen molar-refractivity contribution >= 4 is 95.9 Å². The van der Waals surface area contributed by atoms with Crippen molar-refractivity contribution in [3.05, 3.63) is 291 Å². The Labute approximate surface area is 756 Å². The normalized spacial score (nSPS) is 20.3. The first kappa shape index (κ1) is 97.6. The average molecular weight is 1760 g/mol. The summed E-state index contributed by atoms with van der Waals surface area (Å²) < 4.78 is 61.8. The number of amides is 2. The number of carboxylic acid groups (broad SMARTS) is 1. The van der Waals surface area contributed by atoms with Gasteiger partial charge in [-0.15, -0.1) is 0 Å². The summed E-state index contributed by atoms with van der Waals surface area (Å²) in [5, 5.41) is 21.3. The molecule has 15 rings (SSSR count).